The van der Waals surface area contributed by atoms with E-state index < -0.39 is 0 Å². The number of halogens is 1. The topological polar surface area (TPSA) is 31.4 Å². The fraction of sp³-hybridized carbons (Fsp3) is 0.444. The Balaban J connectivity index is 2.53. The minimum Gasteiger partial charge on any atom is -0.472 e. The zero-order valence-corrected chi connectivity index (χ0v) is 8.41. The van der Waals surface area contributed by atoms with E-state index in [0.29, 0.717) is 17.6 Å². The number of ether oxygens (including phenoxy) is 2. The maximum Gasteiger partial charge on any atom is 0.214 e. The summed E-state index contributed by atoms with van der Waals surface area (Å²) in [6, 6.07) is 5.26. The first-order valence-corrected chi connectivity index (χ1v) is 4.38. The first-order valence-electron chi connectivity index (χ1n) is 4.00. The van der Waals surface area contributed by atoms with Gasteiger partial charge in [0.05, 0.1) is 6.61 Å². The van der Waals surface area contributed by atoms with Crippen LogP contribution in [0.1, 0.15) is 6.92 Å². The third-order valence-corrected chi connectivity index (χ3v) is 1.62. The van der Waals surface area contributed by atoms with Crippen molar-refractivity contribution < 1.29 is 9.47 Å². The lowest BCUT2D eigenvalue weighted by molar-refractivity contribution is 0.0890. The summed E-state index contributed by atoms with van der Waals surface area (Å²) in [4.78, 5) is 3.98. The van der Waals surface area contributed by atoms with Gasteiger partial charge in [-0.3, -0.25) is 0 Å². The van der Waals surface area contributed by atoms with Crippen LogP contribution in [-0.2, 0) is 4.74 Å². The molecule has 1 rings (SSSR count). The summed E-state index contributed by atoms with van der Waals surface area (Å²) in [5.41, 5.74) is 0. The van der Waals surface area contributed by atoms with Gasteiger partial charge in [0.2, 0.25) is 5.88 Å². The normalized spacial score (nSPS) is 12.5. The Kier molecular flexibility index (Phi) is 3.99. The molecule has 0 aliphatic heterocycles. The Bertz CT molecular complexity index is 268. The summed E-state index contributed by atoms with van der Waals surface area (Å²) < 4.78 is 10.3. The fourth-order valence-electron chi connectivity index (χ4n) is 0.930. The summed E-state index contributed by atoms with van der Waals surface area (Å²) in [5.74, 6) is 0.525. The van der Waals surface area contributed by atoms with E-state index in [9.17, 15) is 0 Å². The molecule has 0 saturated carbocycles. The second kappa shape index (κ2) is 5.04. The lowest BCUT2D eigenvalue weighted by Gasteiger charge is -2.12. The Morgan fingerprint density at radius 1 is 1.54 bits per heavy atom. The molecule has 1 aromatic rings. The molecule has 0 aliphatic carbocycles. The highest BCUT2D eigenvalue weighted by atomic mass is 35.5. The van der Waals surface area contributed by atoms with Crippen LogP contribution in [0.5, 0.6) is 5.88 Å². The van der Waals surface area contributed by atoms with Crippen molar-refractivity contribution in [2.24, 2.45) is 0 Å². The van der Waals surface area contributed by atoms with Gasteiger partial charge in [-0.2, -0.15) is 0 Å². The highest BCUT2D eigenvalue weighted by molar-refractivity contribution is 6.29. The molecule has 1 aromatic heterocycles. The quantitative estimate of drug-likeness (QED) is 0.700. The van der Waals surface area contributed by atoms with Crippen molar-refractivity contribution in [1.82, 2.24) is 4.98 Å². The predicted octanol–water partition coefficient (Wildman–Crippen LogP) is 2.15. The second-order valence-corrected chi connectivity index (χ2v) is 3.07. The summed E-state index contributed by atoms with van der Waals surface area (Å²) >= 11 is 5.68. The molecule has 0 saturated heterocycles. The van der Waals surface area contributed by atoms with Gasteiger partial charge in [0.15, 0.2) is 0 Å². The van der Waals surface area contributed by atoms with E-state index in [0.717, 1.165) is 0 Å². The molecular formula is C9H12ClNO2. The van der Waals surface area contributed by atoms with Gasteiger partial charge < -0.3 is 9.47 Å². The maximum atomic E-state index is 5.68. The summed E-state index contributed by atoms with van der Waals surface area (Å²) in [6.07, 6.45) is -0.0176. The van der Waals surface area contributed by atoms with Crippen LogP contribution in [0.25, 0.3) is 0 Å². The Hall–Kier alpha value is -0.800. The summed E-state index contributed by atoms with van der Waals surface area (Å²) in [7, 11) is 1.63. The van der Waals surface area contributed by atoms with Gasteiger partial charge >= 0.3 is 0 Å². The van der Waals surface area contributed by atoms with Crippen LogP contribution in [-0.4, -0.2) is 24.8 Å². The lowest BCUT2D eigenvalue weighted by Crippen LogP contribution is -2.18. The number of nitrogens with zero attached hydrogens (tertiary/aromatic N) is 1. The molecule has 0 radical (unpaired) electrons. The number of methoxy groups -OCH3 is 1. The van der Waals surface area contributed by atoms with E-state index >= 15 is 0 Å². The smallest absolute Gasteiger partial charge is 0.214 e. The SMILES string of the molecule is COCC(C)Oc1cccc(Cl)n1. The molecule has 0 amide bonds. The van der Waals surface area contributed by atoms with E-state index in [2.05, 4.69) is 4.98 Å². The highest BCUT2D eigenvalue weighted by Gasteiger charge is 2.03. The monoisotopic (exact) mass is 201 g/mol. The van der Waals surface area contributed by atoms with Crippen LogP contribution in [0.3, 0.4) is 0 Å². The third kappa shape index (κ3) is 3.61. The number of pyridine rings is 1. The van der Waals surface area contributed by atoms with Crippen molar-refractivity contribution in [3.63, 3.8) is 0 Å². The number of rotatable bonds is 4. The van der Waals surface area contributed by atoms with E-state index in [1.54, 1.807) is 25.3 Å². The van der Waals surface area contributed by atoms with Crippen molar-refractivity contribution in [1.29, 1.82) is 0 Å². The minimum absolute atomic E-state index is 0.0176. The molecule has 0 bridgehead atoms. The molecule has 0 aromatic carbocycles. The van der Waals surface area contributed by atoms with Crippen molar-refractivity contribution >= 4 is 11.6 Å². The average molecular weight is 202 g/mol. The third-order valence-electron chi connectivity index (χ3n) is 1.41. The van der Waals surface area contributed by atoms with Gasteiger partial charge in [-0.15, -0.1) is 0 Å². The van der Waals surface area contributed by atoms with E-state index in [1.807, 2.05) is 6.92 Å². The number of hydrogen-bond acceptors (Lipinski definition) is 3. The molecule has 1 unspecified atom stereocenters. The molecular weight excluding hydrogens is 190 g/mol. The standard InChI is InChI=1S/C9H12ClNO2/c1-7(6-12-2)13-9-5-3-4-8(10)11-9/h3-5,7H,6H2,1-2H3. The van der Waals surface area contributed by atoms with E-state index in [-0.39, 0.29) is 6.10 Å². The Morgan fingerprint density at radius 2 is 2.31 bits per heavy atom. The van der Waals surface area contributed by atoms with Gasteiger partial charge in [-0.05, 0) is 13.0 Å². The summed E-state index contributed by atoms with van der Waals surface area (Å²) in [6.45, 7) is 2.44. The van der Waals surface area contributed by atoms with Crippen molar-refractivity contribution in [2.75, 3.05) is 13.7 Å². The molecule has 0 fully saturated rings. The first kappa shape index (κ1) is 10.3. The number of aromatic nitrogens is 1. The molecule has 1 heterocycles. The molecule has 72 valence electrons. The van der Waals surface area contributed by atoms with Crippen molar-refractivity contribution in [2.45, 2.75) is 13.0 Å². The Labute approximate surface area is 82.6 Å². The average Bonchev–Trinajstić information content (AvgIpc) is 2.04. The van der Waals surface area contributed by atoms with Gasteiger partial charge in [-0.25, -0.2) is 4.98 Å². The Morgan fingerprint density at radius 3 is 2.92 bits per heavy atom. The molecule has 4 heteroatoms. The maximum absolute atomic E-state index is 5.68. The largest absolute Gasteiger partial charge is 0.472 e. The van der Waals surface area contributed by atoms with Crippen LogP contribution >= 0.6 is 11.6 Å². The molecule has 0 N–H and O–H groups in total. The predicted molar refractivity (Wildman–Crippen MR) is 51.2 cm³/mol. The molecule has 3 nitrogen and oxygen atoms in total. The minimum atomic E-state index is -0.0176. The van der Waals surface area contributed by atoms with Crippen LogP contribution < -0.4 is 4.74 Å². The zero-order chi connectivity index (χ0) is 9.68. The lowest BCUT2D eigenvalue weighted by atomic mass is 10.4. The zero-order valence-electron chi connectivity index (χ0n) is 7.66. The molecule has 1 atom stereocenters. The molecule has 0 spiro atoms. The molecule has 0 aliphatic rings. The van der Waals surface area contributed by atoms with Gasteiger partial charge in [0, 0.05) is 13.2 Å². The summed E-state index contributed by atoms with van der Waals surface area (Å²) in [5, 5.41) is 0.433. The second-order valence-electron chi connectivity index (χ2n) is 2.68. The molecule has 13 heavy (non-hydrogen) atoms. The van der Waals surface area contributed by atoms with Crippen LogP contribution in [0, 0.1) is 0 Å². The van der Waals surface area contributed by atoms with Crippen molar-refractivity contribution in [3.8, 4) is 5.88 Å². The van der Waals surface area contributed by atoms with Crippen LogP contribution in [0.4, 0.5) is 0 Å². The van der Waals surface area contributed by atoms with Crippen LogP contribution in [0.15, 0.2) is 18.2 Å². The van der Waals surface area contributed by atoms with Gasteiger partial charge in [0.1, 0.15) is 11.3 Å². The first-order chi connectivity index (χ1) is 6.22. The number of hydrogen-bond donors (Lipinski definition) is 0. The van der Waals surface area contributed by atoms with Gasteiger partial charge in [0.25, 0.3) is 0 Å². The van der Waals surface area contributed by atoms with Crippen LogP contribution in [0.2, 0.25) is 5.15 Å². The van der Waals surface area contributed by atoms with E-state index in [4.69, 9.17) is 21.1 Å². The highest BCUT2D eigenvalue weighted by Crippen LogP contribution is 2.12. The van der Waals surface area contributed by atoms with Crippen molar-refractivity contribution in [3.05, 3.63) is 23.4 Å². The fourth-order valence-corrected chi connectivity index (χ4v) is 1.09. The van der Waals surface area contributed by atoms with E-state index in [1.165, 1.54) is 0 Å². The van der Waals surface area contributed by atoms with Gasteiger partial charge in [-0.1, -0.05) is 17.7 Å².